The van der Waals surface area contributed by atoms with E-state index in [1.54, 1.807) is 53.4 Å². The molecule has 0 radical (unpaired) electrons. The first kappa shape index (κ1) is 24.7. The highest BCUT2D eigenvalue weighted by atomic mass is 35.5. The second-order valence-electron chi connectivity index (χ2n) is 7.72. The molecule has 0 aromatic heterocycles. The zero-order valence-corrected chi connectivity index (χ0v) is 20.0. The number of sulfonamides is 1. The molecule has 1 saturated heterocycles. The third-order valence-electron chi connectivity index (χ3n) is 5.20. The van der Waals surface area contributed by atoms with Gasteiger partial charge in [0.25, 0.3) is 5.91 Å². The summed E-state index contributed by atoms with van der Waals surface area (Å²) in [5.74, 6) is -0.185. The maximum atomic E-state index is 12.4. The monoisotopic (exact) mass is 515 g/mol. The highest BCUT2D eigenvalue weighted by molar-refractivity contribution is 7.89. The number of hydrogen-bond donors (Lipinski definition) is 2. The van der Waals surface area contributed by atoms with Crippen LogP contribution in [0.25, 0.3) is 0 Å². The first-order valence-electron chi connectivity index (χ1n) is 10.6. The summed E-state index contributed by atoms with van der Waals surface area (Å²) in [6.45, 7) is 0.915. The van der Waals surface area contributed by atoms with Gasteiger partial charge >= 0.3 is 0 Å². The van der Waals surface area contributed by atoms with Crippen LogP contribution in [0.1, 0.15) is 5.56 Å². The van der Waals surface area contributed by atoms with Crippen molar-refractivity contribution in [3.05, 3.63) is 77.3 Å². The maximum absolute atomic E-state index is 12.4. The van der Waals surface area contributed by atoms with Crippen LogP contribution in [0.15, 0.2) is 71.6 Å². The lowest BCUT2D eigenvalue weighted by Gasteiger charge is -2.26. The second-order valence-corrected chi connectivity index (χ2v) is 9.65. The molecule has 11 heteroatoms. The standard InChI is InChI=1S/C24H22ClN3O6S/c25-20-4-2-1-3-16(20)13-23(29)27-17-5-10-21(22(14-17)35(26,31)32)34-19-8-6-18(7-9-19)28-11-12-33-15-24(28)30/h1-10,14H,11-13,15H2,(H,27,29)(H2,26,31,32). The molecular formula is C24H22ClN3O6S. The van der Waals surface area contributed by atoms with Crippen molar-refractivity contribution in [2.24, 2.45) is 5.14 Å². The summed E-state index contributed by atoms with van der Waals surface area (Å²) >= 11 is 6.10. The second kappa shape index (κ2) is 10.4. The van der Waals surface area contributed by atoms with Crippen LogP contribution in [0.2, 0.25) is 5.02 Å². The molecule has 3 N–H and O–H groups in total. The van der Waals surface area contributed by atoms with Gasteiger partial charge in [0.05, 0.1) is 13.0 Å². The third kappa shape index (κ3) is 6.17. The SMILES string of the molecule is NS(=O)(=O)c1cc(NC(=O)Cc2ccccc2Cl)ccc1Oc1ccc(N2CCOCC2=O)cc1. The van der Waals surface area contributed by atoms with E-state index in [9.17, 15) is 18.0 Å². The van der Waals surface area contributed by atoms with Gasteiger partial charge < -0.3 is 19.7 Å². The van der Waals surface area contributed by atoms with Crippen LogP contribution in [-0.4, -0.2) is 40.0 Å². The van der Waals surface area contributed by atoms with Gasteiger partial charge in [0.15, 0.2) is 0 Å². The number of nitrogens with zero attached hydrogens (tertiary/aromatic N) is 1. The molecule has 3 aromatic carbocycles. The Labute approximate surface area is 207 Å². The van der Waals surface area contributed by atoms with Crippen LogP contribution in [-0.2, 0) is 30.8 Å². The molecule has 0 atom stereocenters. The van der Waals surface area contributed by atoms with Gasteiger partial charge in [-0.15, -0.1) is 0 Å². The number of morpholine rings is 1. The van der Waals surface area contributed by atoms with Gasteiger partial charge in [-0.25, -0.2) is 13.6 Å². The minimum Gasteiger partial charge on any atom is -0.456 e. The van der Waals surface area contributed by atoms with E-state index in [4.69, 9.17) is 26.2 Å². The third-order valence-corrected chi connectivity index (χ3v) is 6.51. The topological polar surface area (TPSA) is 128 Å². The van der Waals surface area contributed by atoms with Crippen molar-refractivity contribution in [1.82, 2.24) is 0 Å². The van der Waals surface area contributed by atoms with Crippen molar-refractivity contribution in [3.63, 3.8) is 0 Å². The normalized spacial score (nSPS) is 14.0. The number of benzene rings is 3. The summed E-state index contributed by atoms with van der Waals surface area (Å²) in [5, 5.41) is 8.50. The highest BCUT2D eigenvalue weighted by Crippen LogP contribution is 2.32. The Bertz CT molecular complexity index is 1360. The van der Waals surface area contributed by atoms with Crippen molar-refractivity contribution in [1.29, 1.82) is 0 Å². The fourth-order valence-corrected chi connectivity index (χ4v) is 4.41. The van der Waals surface area contributed by atoms with E-state index in [2.05, 4.69) is 5.32 Å². The number of amides is 2. The van der Waals surface area contributed by atoms with Crippen LogP contribution >= 0.6 is 11.6 Å². The summed E-state index contributed by atoms with van der Waals surface area (Å²) < 4.78 is 35.3. The van der Waals surface area contributed by atoms with Crippen molar-refractivity contribution < 1.29 is 27.5 Å². The van der Waals surface area contributed by atoms with Crippen LogP contribution in [0.5, 0.6) is 11.5 Å². The first-order valence-corrected chi connectivity index (χ1v) is 12.5. The smallest absolute Gasteiger partial charge is 0.253 e. The number of carbonyl (C=O) groups excluding carboxylic acids is 2. The van der Waals surface area contributed by atoms with Crippen LogP contribution in [0.3, 0.4) is 0 Å². The van der Waals surface area contributed by atoms with Crippen molar-refractivity contribution >= 4 is 44.8 Å². The number of halogens is 1. The van der Waals surface area contributed by atoms with Crippen molar-refractivity contribution in [3.8, 4) is 11.5 Å². The Kier molecular flexibility index (Phi) is 7.37. The van der Waals surface area contributed by atoms with Crippen LogP contribution in [0.4, 0.5) is 11.4 Å². The molecule has 0 aliphatic carbocycles. The number of carbonyl (C=O) groups is 2. The molecule has 1 heterocycles. The Morgan fingerprint density at radius 3 is 2.54 bits per heavy atom. The lowest BCUT2D eigenvalue weighted by atomic mass is 10.1. The Morgan fingerprint density at radius 1 is 1.11 bits per heavy atom. The predicted octanol–water partition coefficient (Wildman–Crippen LogP) is 3.32. The van der Waals surface area contributed by atoms with Crippen LogP contribution < -0.4 is 20.1 Å². The molecular weight excluding hydrogens is 494 g/mol. The van der Waals surface area contributed by atoms with Crippen LogP contribution in [0, 0.1) is 0 Å². The average molecular weight is 516 g/mol. The summed E-state index contributed by atoms with van der Waals surface area (Å²) in [6.07, 6.45) is 0.0145. The average Bonchev–Trinajstić information content (AvgIpc) is 2.82. The highest BCUT2D eigenvalue weighted by Gasteiger charge is 2.21. The molecule has 3 aromatic rings. The van der Waals surface area contributed by atoms with Gasteiger partial charge in [-0.05, 0) is 54.1 Å². The Hall–Kier alpha value is -3.44. The molecule has 1 aliphatic heterocycles. The van der Waals surface area contributed by atoms with Gasteiger partial charge in [-0.2, -0.15) is 0 Å². The fourth-order valence-electron chi connectivity index (χ4n) is 3.52. The van der Waals surface area contributed by atoms with E-state index in [1.165, 1.54) is 18.2 Å². The number of primary sulfonamides is 1. The van der Waals surface area contributed by atoms with Gasteiger partial charge in [-0.1, -0.05) is 29.8 Å². The molecule has 0 unspecified atom stereocenters. The minimum atomic E-state index is -4.17. The quantitative estimate of drug-likeness (QED) is 0.496. The number of hydrogen-bond acceptors (Lipinski definition) is 6. The molecule has 0 bridgehead atoms. The van der Waals surface area contributed by atoms with Crippen molar-refractivity contribution in [2.45, 2.75) is 11.3 Å². The lowest BCUT2D eigenvalue weighted by Crippen LogP contribution is -2.41. The predicted molar refractivity (Wildman–Crippen MR) is 131 cm³/mol. The number of nitrogens with one attached hydrogen (secondary N) is 1. The van der Waals surface area contributed by atoms with E-state index in [0.29, 0.717) is 35.2 Å². The molecule has 9 nitrogen and oxygen atoms in total. The summed E-state index contributed by atoms with van der Waals surface area (Å²) in [5.41, 5.74) is 1.55. The minimum absolute atomic E-state index is 0.00759. The van der Waals surface area contributed by atoms with Gasteiger partial charge in [-0.3, -0.25) is 9.59 Å². The van der Waals surface area contributed by atoms with E-state index >= 15 is 0 Å². The lowest BCUT2D eigenvalue weighted by molar-refractivity contribution is -0.125. The molecule has 35 heavy (non-hydrogen) atoms. The molecule has 1 aliphatic rings. The summed E-state index contributed by atoms with van der Waals surface area (Å²) in [6, 6.07) is 17.7. The zero-order chi connectivity index (χ0) is 25.0. The number of ether oxygens (including phenoxy) is 2. The molecule has 0 saturated carbocycles. The largest absolute Gasteiger partial charge is 0.456 e. The fraction of sp³-hybridized carbons (Fsp3) is 0.167. The molecule has 2 amide bonds. The van der Waals surface area contributed by atoms with E-state index in [0.717, 1.165) is 0 Å². The van der Waals surface area contributed by atoms with Gasteiger partial charge in [0.2, 0.25) is 15.9 Å². The van der Waals surface area contributed by atoms with Gasteiger partial charge in [0.1, 0.15) is 23.0 Å². The van der Waals surface area contributed by atoms with Crippen molar-refractivity contribution in [2.75, 3.05) is 30.0 Å². The van der Waals surface area contributed by atoms with E-state index in [1.807, 2.05) is 0 Å². The van der Waals surface area contributed by atoms with Gasteiger partial charge in [0, 0.05) is 22.9 Å². The molecule has 0 spiro atoms. The number of nitrogens with two attached hydrogens (primary N) is 1. The number of anilines is 2. The summed E-state index contributed by atoms with van der Waals surface area (Å²) in [4.78, 5) is 25.8. The maximum Gasteiger partial charge on any atom is 0.253 e. The van der Waals surface area contributed by atoms with E-state index < -0.39 is 10.0 Å². The molecule has 1 fully saturated rings. The molecule has 4 rings (SSSR count). The Morgan fingerprint density at radius 2 is 1.86 bits per heavy atom. The van der Waals surface area contributed by atoms with E-state index in [-0.39, 0.29) is 41.2 Å². The molecule has 182 valence electrons. The zero-order valence-electron chi connectivity index (χ0n) is 18.4. The Balaban J connectivity index is 1.51. The number of rotatable bonds is 7. The summed E-state index contributed by atoms with van der Waals surface area (Å²) in [7, 11) is -4.17. The first-order chi connectivity index (χ1) is 16.7.